The van der Waals surface area contributed by atoms with Crippen LogP contribution in [0.1, 0.15) is 25.5 Å². The molecule has 2 N–H and O–H groups in total. The first-order valence-electron chi connectivity index (χ1n) is 6.26. The maximum absolute atomic E-state index is 12.3. The molecule has 0 aliphatic heterocycles. The molecule has 1 aromatic carbocycles. The van der Waals surface area contributed by atoms with Crippen molar-refractivity contribution in [2.24, 2.45) is 5.73 Å². The van der Waals surface area contributed by atoms with Gasteiger partial charge in [-0.15, -0.1) is 0 Å². The first-order chi connectivity index (χ1) is 9.28. The average Bonchev–Trinajstić information content (AvgIpc) is 2.38. The minimum atomic E-state index is -3.73. The number of carbonyl (C=O) groups is 1. The lowest BCUT2D eigenvalue weighted by atomic mass is 10.1. The number of benzene rings is 1. The molecule has 7 heteroatoms. The Labute approximate surface area is 119 Å². The number of nitrogens with zero attached hydrogens (tertiary/aromatic N) is 1. The van der Waals surface area contributed by atoms with Gasteiger partial charge < -0.3 is 10.5 Å². The van der Waals surface area contributed by atoms with E-state index in [9.17, 15) is 13.2 Å². The molecule has 0 aliphatic rings. The van der Waals surface area contributed by atoms with Gasteiger partial charge in [0.05, 0.1) is 11.5 Å². The molecule has 0 saturated heterocycles. The molecule has 0 fully saturated rings. The van der Waals surface area contributed by atoms with Crippen LogP contribution in [0.3, 0.4) is 0 Å². The zero-order valence-electron chi connectivity index (χ0n) is 11.9. The molecule has 1 atom stereocenters. The van der Waals surface area contributed by atoms with Crippen LogP contribution in [0.25, 0.3) is 0 Å². The molecule has 6 nitrogen and oxygen atoms in total. The molecule has 0 saturated carbocycles. The van der Waals surface area contributed by atoms with Gasteiger partial charge in [0.1, 0.15) is 6.54 Å². The summed E-state index contributed by atoms with van der Waals surface area (Å²) >= 11 is 0. The van der Waals surface area contributed by atoms with Crippen LogP contribution < -0.4 is 5.73 Å². The molecule has 1 rings (SSSR count). The standard InChI is InChI=1S/C13H20N2O4S/c1-4-19-13(16)9-15(3)20(17,18)12-7-5-6-11(8-12)10(2)14/h5-8,10H,4,9,14H2,1-3H3. The lowest BCUT2D eigenvalue weighted by Crippen LogP contribution is -2.33. The molecule has 1 unspecified atom stereocenters. The van der Waals surface area contributed by atoms with Crippen LogP contribution in [-0.4, -0.2) is 38.9 Å². The first kappa shape index (κ1) is 16.6. The number of hydrogen-bond acceptors (Lipinski definition) is 5. The molecule has 20 heavy (non-hydrogen) atoms. The molecule has 0 aromatic heterocycles. The maximum Gasteiger partial charge on any atom is 0.321 e. The number of nitrogens with two attached hydrogens (primary N) is 1. The third-order valence-electron chi connectivity index (χ3n) is 2.75. The summed E-state index contributed by atoms with van der Waals surface area (Å²) < 4.78 is 30.4. The number of likely N-dealkylation sites (N-methyl/N-ethyl adjacent to an activating group) is 1. The predicted octanol–water partition coefficient (Wildman–Crippen LogP) is 0.890. The second-order valence-electron chi connectivity index (χ2n) is 4.43. The summed E-state index contributed by atoms with van der Waals surface area (Å²) in [6.45, 7) is 3.33. The lowest BCUT2D eigenvalue weighted by molar-refractivity contribution is -0.143. The average molecular weight is 300 g/mol. The van der Waals surface area contributed by atoms with Gasteiger partial charge in [-0.05, 0) is 31.5 Å². The molecule has 0 aliphatic carbocycles. The minimum absolute atomic E-state index is 0.110. The number of esters is 1. The van der Waals surface area contributed by atoms with E-state index in [1.807, 2.05) is 0 Å². The van der Waals surface area contributed by atoms with Gasteiger partial charge in [0, 0.05) is 13.1 Å². The van der Waals surface area contributed by atoms with Gasteiger partial charge in [0.15, 0.2) is 0 Å². The number of sulfonamides is 1. The maximum atomic E-state index is 12.3. The fourth-order valence-corrected chi connectivity index (χ4v) is 2.78. The van der Waals surface area contributed by atoms with Crippen molar-refractivity contribution in [3.63, 3.8) is 0 Å². The number of hydrogen-bond donors (Lipinski definition) is 1. The summed E-state index contributed by atoms with van der Waals surface area (Å²) in [6.07, 6.45) is 0. The Morgan fingerprint density at radius 2 is 2.10 bits per heavy atom. The van der Waals surface area contributed by atoms with E-state index in [2.05, 4.69) is 0 Å². The largest absolute Gasteiger partial charge is 0.465 e. The summed E-state index contributed by atoms with van der Waals surface area (Å²) in [5.41, 5.74) is 6.46. The Morgan fingerprint density at radius 1 is 1.45 bits per heavy atom. The molecule has 1 aromatic rings. The molecular formula is C13H20N2O4S. The van der Waals surface area contributed by atoms with E-state index in [1.54, 1.807) is 26.0 Å². The normalized spacial score (nSPS) is 13.2. The molecule has 0 heterocycles. The van der Waals surface area contributed by atoms with Crippen LogP contribution in [0.2, 0.25) is 0 Å². The highest BCUT2D eigenvalue weighted by atomic mass is 32.2. The summed E-state index contributed by atoms with van der Waals surface area (Å²) in [4.78, 5) is 11.5. The van der Waals surface area contributed by atoms with Gasteiger partial charge in [-0.3, -0.25) is 4.79 Å². The monoisotopic (exact) mass is 300 g/mol. The Morgan fingerprint density at radius 3 is 2.65 bits per heavy atom. The van der Waals surface area contributed by atoms with Crippen molar-refractivity contribution >= 4 is 16.0 Å². The highest BCUT2D eigenvalue weighted by Crippen LogP contribution is 2.18. The fraction of sp³-hybridized carbons (Fsp3) is 0.462. The molecule has 112 valence electrons. The van der Waals surface area contributed by atoms with E-state index < -0.39 is 16.0 Å². The van der Waals surface area contributed by atoms with Gasteiger partial charge in [0.2, 0.25) is 10.0 Å². The van der Waals surface area contributed by atoms with Crippen molar-refractivity contribution < 1.29 is 17.9 Å². The quantitative estimate of drug-likeness (QED) is 0.788. The Kier molecular flexibility index (Phi) is 5.67. The SMILES string of the molecule is CCOC(=O)CN(C)S(=O)(=O)c1cccc(C(C)N)c1. The highest BCUT2D eigenvalue weighted by molar-refractivity contribution is 7.89. The predicted molar refractivity (Wildman–Crippen MR) is 75.5 cm³/mol. The van der Waals surface area contributed by atoms with Crippen LogP contribution in [0.5, 0.6) is 0 Å². The van der Waals surface area contributed by atoms with Crippen LogP contribution in [0.15, 0.2) is 29.2 Å². The summed E-state index contributed by atoms with van der Waals surface area (Å²) in [5, 5.41) is 0. The first-order valence-corrected chi connectivity index (χ1v) is 7.70. The number of rotatable bonds is 6. The summed E-state index contributed by atoms with van der Waals surface area (Å²) in [6, 6.07) is 6.11. The second-order valence-corrected chi connectivity index (χ2v) is 6.47. The zero-order valence-corrected chi connectivity index (χ0v) is 12.7. The van der Waals surface area contributed by atoms with Crippen LogP contribution in [-0.2, 0) is 19.6 Å². The van der Waals surface area contributed by atoms with E-state index in [0.29, 0.717) is 0 Å². The topological polar surface area (TPSA) is 89.7 Å². The van der Waals surface area contributed by atoms with Crippen molar-refractivity contribution in [1.82, 2.24) is 4.31 Å². The van der Waals surface area contributed by atoms with Gasteiger partial charge in [-0.2, -0.15) is 4.31 Å². The summed E-state index contributed by atoms with van der Waals surface area (Å²) in [7, 11) is -2.39. The van der Waals surface area contributed by atoms with Crippen LogP contribution in [0, 0.1) is 0 Å². The van der Waals surface area contributed by atoms with Gasteiger partial charge in [0.25, 0.3) is 0 Å². The van der Waals surface area contributed by atoms with Crippen molar-refractivity contribution in [3.8, 4) is 0 Å². The Bertz CT molecular complexity index is 569. The Balaban J connectivity index is 2.98. The zero-order chi connectivity index (χ0) is 15.3. The van der Waals surface area contributed by atoms with Crippen LogP contribution >= 0.6 is 0 Å². The number of carbonyl (C=O) groups excluding carboxylic acids is 1. The highest BCUT2D eigenvalue weighted by Gasteiger charge is 2.23. The van der Waals surface area contributed by atoms with E-state index in [-0.39, 0.29) is 24.1 Å². The Hall–Kier alpha value is -1.44. The fourth-order valence-electron chi connectivity index (χ4n) is 1.61. The van der Waals surface area contributed by atoms with Gasteiger partial charge >= 0.3 is 5.97 Å². The molecular weight excluding hydrogens is 280 g/mol. The van der Waals surface area contributed by atoms with Crippen molar-refractivity contribution in [2.45, 2.75) is 24.8 Å². The van der Waals surface area contributed by atoms with Crippen molar-refractivity contribution in [1.29, 1.82) is 0 Å². The van der Waals surface area contributed by atoms with E-state index >= 15 is 0 Å². The van der Waals surface area contributed by atoms with E-state index in [4.69, 9.17) is 10.5 Å². The van der Waals surface area contributed by atoms with Gasteiger partial charge in [-0.25, -0.2) is 8.42 Å². The smallest absolute Gasteiger partial charge is 0.321 e. The minimum Gasteiger partial charge on any atom is -0.465 e. The molecule has 0 radical (unpaired) electrons. The molecule has 0 bridgehead atoms. The third-order valence-corrected chi connectivity index (χ3v) is 4.55. The van der Waals surface area contributed by atoms with Crippen molar-refractivity contribution in [3.05, 3.63) is 29.8 Å². The van der Waals surface area contributed by atoms with Crippen molar-refractivity contribution in [2.75, 3.05) is 20.2 Å². The number of ether oxygens (including phenoxy) is 1. The second kappa shape index (κ2) is 6.83. The van der Waals surface area contributed by atoms with Gasteiger partial charge in [-0.1, -0.05) is 12.1 Å². The lowest BCUT2D eigenvalue weighted by Gasteiger charge is -2.17. The van der Waals surface area contributed by atoms with E-state index in [1.165, 1.54) is 19.2 Å². The van der Waals surface area contributed by atoms with E-state index in [0.717, 1.165) is 9.87 Å². The summed E-state index contributed by atoms with van der Waals surface area (Å²) in [5.74, 6) is -0.582. The third kappa shape index (κ3) is 4.03. The molecule has 0 spiro atoms. The molecule has 0 amide bonds. The van der Waals surface area contributed by atoms with Crippen LogP contribution in [0.4, 0.5) is 0 Å².